The number of aryl methyl sites for hydroxylation is 1. The maximum atomic E-state index is 12.5. The van der Waals surface area contributed by atoms with E-state index in [1.165, 1.54) is 16.8 Å². The Morgan fingerprint density at radius 3 is 1.92 bits per heavy atom. The van der Waals surface area contributed by atoms with E-state index in [0.29, 0.717) is 11.5 Å². The molecule has 37 heavy (non-hydrogen) atoms. The molecule has 0 radical (unpaired) electrons. The first-order valence-corrected chi connectivity index (χ1v) is 15.3. The van der Waals surface area contributed by atoms with Crippen LogP contribution in [0, 0.1) is 12.8 Å². The molecule has 3 aromatic rings. The van der Waals surface area contributed by atoms with Crippen molar-refractivity contribution in [2.45, 2.75) is 70.8 Å². The number of carboxylic acids is 1. The summed E-state index contributed by atoms with van der Waals surface area (Å²) in [7, 11) is -1.22. The second kappa shape index (κ2) is 11.1. The minimum absolute atomic E-state index is 0.152. The molecule has 0 aliphatic heterocycles. The lowest BCUT2D eigenvalue weighted by molar-refractivity contribution is -0.140. The third kappa shape index (κ3) is 5.33. The quantitative estimate of drug-likeness (QED) is 0.339. The zero-order valence-electron chi connectivity index (χ0n) is 22.8. The Morgan fingerprint density at radius 2 is 1.46 bits per heavy atom. The first-order valence-electron chi connectivity index (χ1n) is 13.4. The number of hydrogen-bond acceptors (Lipinski definition) is 3. The third-order valence-electron chi connectivity index (χ3n) is 7.90. The average molecular weight is 517 g/mol. The molecule has 3 aromatic carbocycles. The van der Waals surface area contributed by atoms with Crippen molar-refractivity contribution in [3.63, 3.8) is 0 Å². The fourth-order valence-electron chi connectivity index (χ4n) is 6.12. The summed E-state index contributed by atoms with van der Waals surface area (Å²) < 4.78 is 13.2. The summed E-state index contributed by atoms with van der Waals surface area (Å²) in [5.74, 6) is 0.168. The molecule has 0 saturated heterocycles. The molecular formula is C32H40O4Si. The summed E-state index contributed by atoms with van der Waals surface area (Å²) in [6, 6.07) is 25.0. The van der Waals surface area contributed by atoms with E-state index in [1.807, 2.05) is 31.2 Å². The lowest BCUT2D eigenvalue weighted by atomic mass is 9.76. The van der Waals surface area contributed by atoms with Crippen LogP contribution in [0.25, 0.3) is 0 Å². The van der Waals surface area contributed by atoms with Crippen molar-refractivity contribution in [2.75, 3.05) is 7.11 Å². The molecule has 1 atom stereocenters. The molecular weight excluding hydrogens is 476 g/mol. The van der Waals surface area contributed by atoms with Crippen molar-refractivity contribution in [3.8, 4) is 11.5 Å². The number of benzene rings is 3. The van der Waals surface area contributed by atoms with Crippen LogP contribution in [0.2, 0.25) is 5.04 Å². The highest BCUT2D eigenvalue weighted by Crippen LogP contribution is 2.44. The lowest BCUT2D eigenvalue weighted by Crippen LogP contribution is -2.68. The van der Waals surface area contributed by atoms with Crippen molar-refractivity contribution in [1.29, 1.82) is 0 Å². The molecule has 1 aliphatic carbocycles. The fourth-order valence-corrected chi connectivity index (χ4v) is 10.6. The van der Waals surface area contributed by atoms with Gasteiger partial charge in [0, 0.05) is 0 Å². The number of ether oxygens (including phenoxy) is 1. The second-order valence-electron chi connectivity index (χ2n) is 11.3. The molecule has 4 rings (SSSR count). The number of hydrogen-bond donors (Lipinski definition) is 1. The average Bonchev–Trinajstić information content (AvgIpc) is 2.89. The molecule has 5 heteroatoms. The third-order valence-corrected chi connectivity index (χ3v) is 12.8. The van der Waals surface area contributed by atoms with E-state index < -0.39 is 20.2 Å². The summed E-state index contributed by atoms with van der Waals surface area (Å²) in [6.45, 7) is 8.76. The van der Waals surface area contributed by atoms with E-state index in [9.17, 15) is 9.90 Å². The van der Waals surface area contributed by atoms with E-state index in [0.717, 1.165) is 36.8 Å². The molecule has 1 N–H and O–H groups in total. The van der Waals surface area contributed by atoms with E-state index in [1.54, 1.807) is 7.11 Å². The molecule has 196 valence electrons. The topological polar surface area (TPSA) is 55.8 Å². The van der Waals surface area contributed by atoms with Gasteiger partial charge in [0.05, 0.1) is 13.0 Å². The number of carboxylic acid groups (broad SMARTS) is 1. The smallest absolute Gasteiger partial charge is 0.320 e. The highest BCUT2D eigenvalue weighted by Gasteiger charge is 2.52. The number of rotatable bonds is 8. The minimum Gasteiger partial charge on any atom is -0.531 e. The van der Waals surface area contributed by atoms with Gasteiger partial charge in [0.1, 0.15) is 5.75 Å². The maximum absolute atomic E-state index is 12.5. The summed E-state index contributed by atoms with van der Waals surface area (Å²) in [5.41, 5.74) is 1.72. The van der Waals surface area contributed by atoms with E-state index in [4.69, 9.17) is 9.16 Å². The van der Waals surface area contributed by atoms with E-state index in [-0.39, 0.29) is 11.0 Å². The van der Waals surface area contributed by atoms with Crippen LogP contribution in [0.3, 0.4) is 0 Å². The van der Waals surface area contributed by atoms with Crippen LogP contribution in [0.5, 0.6) is 11.5 Å². The van der Waals surface area contributed by atoms with E-state index >= 15 is 0 Å². The van der Waals surface area contributed by atoms with Gasteiger partial charge in [0.15, 0.2) is 5.75 Å². The van der Waals surface area contributed by atoms with Gasteiger partial charge >= 0.3 is 14.3 Å². The van der Waals surface area contributed by atoms with Gasteiger partial charge in [0.2, 0.25) is 0 Å². The van der Waals surface area contributed by atoms with Gasteiger partial charge in [-0.1, -0.05) is 107 Å². The van der Waals surface area contributed by atoms with Crippen molar-refractivity contribution in [3.05, 3.63) is 83.9 Å². The minimum atomic E-state index is -2.86. The first kappa shape index (κ1) is 27.0. The normalized spacial score (nSPS) is 15.7. The predicted molar refractivity (Wildman–Crippen MR) is 153 cm³/mol. The molecule has 0 unspecified atom stereocenters. The molecule has 0 heterocycles. The Morgan fingerprint density at radius 1 is 0.919 bits per heavy atom. The highest BCUT2D eigenvalue weighted by atomic mass is 28.4. The standard InChI is InChI=1S/C32H40O4Si/c1-23-21-25(29(31(33)34)24-15-9-6-10-16-24)22-28(35-5)30(23)36-37(32(2,3)4,26-17-11-7-12-18-26)27-19-13-8-14-20-27/h7-8,11-14,17-22,24,29H,6,9-10,15-16H2,1-5H3,(H,33,34)/t29-/m0/s1. The van der Waals surface area contributed by atoms with Gasteiger partial charge in [-0.25, -0.2) is 0 Å². The van der Waals surface area contributed by atoms with Crippen LogP contribution in [0.4, 0.5) is 0 Å². The Labute approximate surface area is 222 Å². The van der Waals surface area contributed by atoms with Crippen molar-refractivity contribution >= 4 is 24.7 Å². The summed E-state index contributed by atoms with van der Waals surface area (Å²) in [4.78, 5) is 12.5. The van der Waals surface area contributed by atoms with Gasteiger partial charge in [-0.05, 0) is 58.3 Å². The lowest BCUT2D eigenvalue weighted by Gasteiger charge is -2.43. The van der Waals surface area contributed by atoms with Crippen molar-refractivity contribution in [2.24, 2.45) is 5.92 Å². The first-order chi connectivity index (χ1) is 17.7. The molecule has 0 aromatic heterocycles. The van der Waals surface area contributed by atoms with Crippen LogP contribution >= 0.6 is 0 Å². The van der Waals surface area contributed by atoms with Crippen LogP contribution in [-0.4, -0.2) is 26.5 Å². The molecule has 0 amide bonds. The Balaban J connectivity index is 1.88. The van der Waals surface area contributed by atoms with Gasteiger partial charge in [-0.2, -0.15) is 0 Å². The predicted octanol–water partition coefficient (Wildman–Crippen LogP) is 6.69. The van der Waals surface area contributed by atoms with E-state index in [2.05, 4.69) is 69.3 Å². The summed E-state index contributed by atoms with van der Waals surface area (Å²) >= 11 is 0. The molecule has 0 bridgehead atoms. The fraction of sp³-hybridized carbons (Fsp3) is 0.406. The largest absolute Gasteiger partial charge is 0.531 e. The summed E-state index contributed by atoms with van der Waals surface area (Å²) in [5, 5.41) is 12.4. The molecule has 4 nitrogen and oxygen atoms in total. The van der Waals surface area contributed by atoms with Gasteiger partial charge < -0.3 is 14.3 Å². The van der Waals surface area contributed by atoms with Crippen LogP contribution < -0.4 is 19.5 Å². The highest BCUT2D eigenvalue weighted by molar-refractivity contribution is 7.00. The van der Waals surface area contributed by atoms with Gasteiger partial charge in [-0.15, -0.1) is 0 Å². The molecule has 0 spiro atoms. The summed E-state index contributed by atoms with van der Waals surface area (Å²) in [6.07, 6.45) is 5.30. The Bertz CT molecular complexity index is 1160. The Kier molecular flexibility index (Phi) is 8.13. The number of methoxy groups -OCH3 is 1. The number of carbonyl (C=O) groups is 1. The van der Waals surface area contributed by atoms with Crippen LogP contribution in [0.1, 0.15) is 69.9 Å². The SMILES string of the molecule is COc1cc([C@@H](C(=O)O)C2CCCCC2)cc(C)c1O[Si](c1ccccc1)(c1ccccc1)C(C)(C)C. The molecule has 1 fully saturated rings. The Hall–Kier alpha value is -3.05. The van der Waals surface area contributed by atoms with Crippen LogP contribution in [0.15, 0.2) is 72.8 Å². The zero-order chi connectivity index (χ0) is 26.6. The van der Waals surface area contributed by atoms with Crippen LogP contribution in [-0.2, 0) is 4.79 Å². The second-order valence-corrected chi connectivity index (χ2v) is 15.6. The maximum Gasteiger partial charge on any atom is 0.320 e. The van der Waals surface area contributed by atoms with Gasteiger partial charge in [-0.3, -0.25) is 4.79 Å². The van der Waals surface area contributed by atoms with Crippen molar-refractivity contribution < 1.29 is 19.1 Å². The molecule has 1 aliphatic rings. The molecule has 1 saturated carbocycles. The monoisotopic (exact) mass is 516 g/mol. The number of aliphatic carboxylic acids is 1. The van der Waals surface area contributed by atoms with Gasteiger partial charge in [0.25, 0.3) is 0 Å². The van der Waals surface area contributed by atoms with Crippen molar-refractivity contribution in [1.82, 2.24) is 0 Å². The zero-order valence-corrected chi connectivity index (χ0v) is 23.8.